The van der Waals surface area contributed by atoms with Crippen molar-refractivity contribution in [2.75, 3.05) is 17.7 Å². The summed E-state index contributed by atoms with van der Waals surface area (Å²) in [5.41, 5.74) is 3.40. The van der Waals surface area contributed by atoms with E-state index in [9.17, 15) is 0 Å². The van der Waals surface area contributed by atoms with Crippen molar-refractivity contribution >= 4 is 28.9 Å². The average Bonchev–Trinajstić information content (AvgIpc) is 2.09. The number of hydrogen-bond donors (Lipinski definition) is 1. The first kappa shape index (κ1) is 11.7. The Bertz CT molecular complexity index is 287. The van der Waals surface area contributed by atoms with Crippen LogP contribution in [-0.2, 0) is 0 Å². The van der Waals surface area contributed by atoms with Gasteiger partial charge in [0, 0.05) is 12.4 Å². The fraction of sp³-hybridized carbons (Fsp3) is 0.455. The minimum atomic E-state index is 0.676. The van der Waals surface area contributed by atoms with E-state index < -0.39 is 0 Å². The molecule has 0 spiro atoms. The number of nitrogens with one attached hydrogen (secondary N) is 1. The van der Waals surface area contributed by atoms with Gasteiger partial charge in [0.25, 0.3) is 0 Å². The minimum absolute atomic E-state index is 0.676. The summed E-state index contributed by atoms with van der Waals surface area (Å²) < 4.78 is 0. The van der Waals surface area contributed by atoms with Crippen molar-refractivity contribution in [1.29, 1.82) is 0 Å². The van der Waals surface area contributed by atoms with Crippen molar-refractivity contribution < 1.29 is 0 Å². The number of rotatable bonds is 4. The zero-order valence-electron chi connectivity index (χ0n) is 8.53. The van der Waals surface area contributed by atoms with Gasteiger partial charge in [0.05, 0.1) is 10.7 Å². The Morgan fingerprint density at radius 1 is 1.29 bits per heavy atom. The largest absolute Gasteiger partial charge is 0.384 e. The predicted molar refractivity (Wildman–Crippen MR) is 64.8 cm³/mol. The number of aryl methyl sites for hydroxylation is 2. The Kier molecular flexibility index (Phi) is 4.56. The van der Waals surface area contributed by atoms with Crippen LogP contribution in [0.25, 0.3) is 0 Å². The maximum Gasteiger partial charge on any atom is 0.0642 e. The van der Waals surface area contributed by atoms with Gasteiger partial charge in [-0.2, -0.15) is 0 Å². The second kappa shape index (κ2) is 5.47. The Morgan fingerprint density at radius 3 is 2.57 bits per heavy atom. The lowest BCUT2D eigenvalue weighted by Gasteiger charge is -2.11. The van der Waals surface area contributed by atoms with E-state index in [1.165, 1.54) is 11.1 Å². The third kappa shape index (κ3) is 3.07. The second-order valence-electron chi connectivity index (χ2n) is 3.41. The molecular formula is C11H15Cl2N. The summed E-state index contributed by atoms with van der Waals surface area (Å²) in [5.74, 6) is 0.676. The summed E-state index contributed by atoms with van der Waals surface area (Å²) in [6, 6.07) is 4.09. The Hall–Kier alpha value is -0.400. The summed E-state index contributed by atoms with van der Waals surface area (Å²) in [4.78, 5) is 0. The van der Waals surface area contributed by atoms with Gasteiger partial charge in [-0.05, 0) is 37.5 Å². The van der Waals surface area contributed by atoms with Crippen LogP contribution in [0.3, 0.4) is 0 Å². The smallest absolute Gasteiger partial charge is 0.0642 e. The minimum Gasteiger partial charge on any atom is -0.384 e. The monoisotopic (exact) mass is 231 g/mol. The first-order valence-corrected chi connectivity index (χ1v) is 5.63. The number of hydrogen-bond acceptors (Lipinski definition) is 1. The molecule has 0 heterocycles. The standard InChI is InChI=1S/C11H15Cl2N/c1-8-6-9(2)11(10(13)7-8)14-5-3-4-12/h6-7,14H,3-5H2,1-2H3. The van der Waals surface area contributed by atoms with Gasteiger partial charge >= 0.3 is 0 Å². The molecule has 0 aliphatic heterocycles. The van der Waals surface area contributed by atoms with Crippen LogP contribution in [0.1, 0.15) is 17.5 Å². The number of anilines is 1. The van der Waals surface area contributed by atoms with Crippen molar-refractivity contribution in [3.8, 4) is 0 Å². The van der Waals surface area contributed by atoms with Crippen LogP contribution in [0.5, 0.6) is 0 Å². The SMILES string of the molecule is Cc1cc(C)c(NCCCCl)c(Cl)c1. The lowest BCUT2D eigenvalue weighted by Crippen LogP contribution is -2.04. The molecule has 78 valence electrons. The van der Waals surface area contributed by atoms with E-state index in [4.69, 9.17) is 23.2 Å². The molecule has 0 aromatic heterocycles. The quantitative estimate of drug-likeness (QED) is 0.611. The highest BCUT2D eigenvalue weighted by Crippen LogP contribution is 2.27. The molecule has 1 aromatic carbocycles. The van der Waals surface area contributed by atoms with Crippen molar-refractivity contribution in [1.82, 2.24) is 0 Å². The Balaban J connectivity index is 2.75. The lowest BCUT2D eigenvalue weighted by molar-refractivity contribution is 0.984. The highest BCUT2D eigenvalue weighted by Gasteiger charge is 2.03. The van der Waals surface area contributed by atoms with Crippen molar-refractivity contribution in [2.24, 2.45) is 0 Å². The Labute approximate surface area is 95.4 Å². The molecule has 3 heteroatoms. The van der Waals surface area contributed by atoms with Crippen molar-refractivity contribution in [3.05, 3.63) is 28.3 Å². The van der Waals surface area contributed by atoms with Crippen LogP contribution in [0.15, 0.2) is 12.1 Å². The molecule has 0 aliphatic carbocycles. The van der Waals surface area contributed by atoms with E-state index in [0.29, 0.717) is 5.88 Å². The highest BCUT2D eigenvalue weighted by atomic mass is 35.5. The van der Waals surface area contributed by atoms with E-state index in [-0.39, 0.29) is 0 Å². The van der Waals surface area contributed by atoms with E-state index in [0.717, 1.165) is 23.7 Å². The van der Waals surface area contributed by atoms with Gasteiger partial charge in [-0.15, -0.1) is 11.6 Å². The normalized spacial score (nSPS) is 10.3. The molecule has 1 N–H and O–H groups in total. The van der Waals surface area contributed by atoms with Crippen molar-refractivity contribution in [2.45, 2.75) is 20.3 Å². The maximum atomic E-state index is 6.12. The predicted octanol–water partition coefficient (Wildman–Crippen LogP) is 4.00. The molecule has 0 amide bonds. The first-order valence-electron chi connectivity index (χ1n) is 4.71. The van der Waals surface area contributed by atoms with Gasteiger partial charge < -0.3 is 5.32 Å². The molecular weight excluding hydrogens is 217 g/mol. The molecule has 14 heavy (non-hydrogen) atoms. The number of alkyl halides is 1. The van der Waals surface area contributed by atoms with Gasteiger partial charge in [-0.1, -0.05) is 17.7 Å². The fourth-order valence-corrected chi connectivity index (χ4v) is 1.94. The summed E-state index contributed by atoms with van der Waals surface area (Å²) >= 11 is 11.7. The summed E-state index contributed by atoms with van der Waals surface area (Å²) in [5, 5.41) is 4.08. The molecule has 0 saturated carbocycles. The third-order valence-electron chi connectivity index (χ3n) is 2.04. The fourth-order valence-electron chi connectivity index (χ4n) is 1.42. The number of halogens is 2. The zero-order chi connectivity index (χ0) is 10.6. The first-order chi connectivity index (χ1) is 6.65. The van der Waals surface area contributed by atoms with Gasteiger partial charge in [0.2, 0.25) is 0 Å². The van der Waals surface area contributed by atoms with E-state index >= 15 is 0 Å². The molecule has 0 unspecified atom stereocenters. The lowest BCUT2D eigenvalue weighted by atomic mass is 10.1. The van der Waals surface area contributed by atoms with Crippen LogP contribution in [0, 0.1) is 13.8 Å². The second-order valence-corrected chi connectivity index (χ2v) is 4.19. The van der Waals surface area contributed by atoms with Gasteiger partial charge in [-0.25, -0.2) is 0 Å². The van der Waals surface area contributed by atoms with Crippen LogP contribution >= 0.6 is 23.2 Å². The molecule has 1 nitrogen and oxygen atoms in total. The number of benzene rings is 1. The highest BCUT2D eigenvalue weighted by molar-refractivity contribution is 6.33. The van der Waals surface area contributed by atoms with E-state index in [1.54, 1.807) is 0 Å². The van der Waals surface area contributed by atoms with Gasteiger partial charge in [0.15, 0.2) is 0 Å². The van der Waals surface area contributed by atoms with Crippen LogP contribution in [0.4, 0.5) is 5.69 Å². The van der Waals surface area contributed by atoms with Crippen LogP contribution in [-0.4, -0.2) is 12.4 Å². The molecule has 0 fully saturated rings. The summed E-state index contributed by atoms with van der Waals surface area (Å²) in [7, 11) is 0. The van der Waals surface area contributed by atoms with E-state index in [2.05, 4.69) is 18.3 Å². The molecule has 1 aromatic rings. The summed E-state index contributed by atoms with van der Waals surface area (Å²) in [6.07, 6.45) is 0.950. The van der Waals surface area contributed by atoms with Gasteiger partial charge in [0.1, 0.15) is 0 Å². The van der Waals surface area contributed by atoms with E-state index in [1.807, 2.05) is 13.0 Å². The van der Waals surface area contributed by atoms with Crippen molar-refractivity contribution in [3.63, 3.8) is 0 Å². The molecule has 0 bridgehead atoms. The van der Waals surface area contributed by atoms with Gasteiger partial charge in [-0.3, -0.25) is 0 Å². The van der Waals surface area contributed by atoms with Crippen LogP contribution < -0.4 is 5.32 Å². The molecule has 1 rings (SSSR count). The zero-order valence-corrected chi connectivity index (χ0v) is 10.0. The molecule has 0 saturated heterocycles. The molecule has 0 radical (unpaired) electrons. The summed E-state index contributed by atoms with van der Waals surface area (Å²) in [6.45, 7) is 4.97. The molecule has 0 aliphatic rings. The third-order valence-corrected chi connectivity index (χ3v) is 2.61. The maximum absolute atomic E-state index is 6.12. The van der Waals surface area contributed by atoms with Crippen LogP contribution in [0.2, 0.25) is 5.02 Å². The molecule has 0 atom stereocenters. The topological polar surface area (TPSA) is 12.0 Å². The Morgan fingerprint density at radius 2 is 2.00 bits per heavy atom. The average molecular weight is 232 g/mol.